The van der Waals surface area contributed by atoms with Gasteiger partial charge in [-0.05, 0) is 487 Å². The lowest BCUT2D eigenvalue weighted by Crippen LogP contribution is -2.60. The molecule has 0 saturated heterocycles. The molecule has 143 heavy (non-hydrogen) atoms. The Morgan fingerprint density at radius 3 is 0.671 bits per heavy atom. The lowest BCUT2D eigenvalue weighted by Gasteiger charge is -2.60. The van der Waals surface area contributed by atoms with Gasteiger partial charge in [0.2, 0.25) is 0 Å². The van der Waals surface area contributed by atoms with Gasteiger partial charge in [-0.1, -0.05) is 173 Å². The predicted octanol–water partition coefficient (Wildman–Crippen LogP) is 34.2. The fraction of sp³-hybridized carbons (Fsp3) is 0.714. The van der Waals surface area contributed by atoms with Gasteiger partial charge in [0, 0.05) is 0 Å². The number of aromatic hydroxyl groups is 5. The molecule has 4 unspecified atom stereocenters. The second-order valence-electron chi connectivity index (χ2n) is 48.2. The molecule has 808 valence electrons. The van der Waals surface area contributed by atoms with Crippen LogP contribution in [0.3, 0.4) is 0 Å². The van der Waals surface area contributed by atoms with Gasteiger partial charge in [0.05, 0.1) is 32.5 Å². The zero-order valence-electron chi connectivity index (χ0n) is 95.6. The first-order valence-electron chi connectivity index (χ1n) is 56.4. The van der Waals surface area contributed by atoms with Crippen molar-refractivity contribution in [3.8, 4) is 34.5 Å². The molecular weight excluding hydrogens is 1790 g/mol. The van der Waals surface area contributed by atoms with Crippen LogP contribution in [0.15, 0.2) is 121 Å². The number of ether oxygens (including phenoxy) is 6. The van der Waals surface area contributed by atoms with E-state index in [1.54, 1.807) is 60.7 Å². The van der Waals surface area contributed by atoms with Crippen molar-refractivity contribution in [2.45, 2.75) is 497 Å². The monoisotopic (exact) mass is 1990 g/mol. The van der Waals surface area contributed by atoms with Gasteiger partial charge in [-0.2, -0.15) is 0 Å². The summed E-state index contributed by atoms with van der Waals surface area (Å²) in [5.74, 6) is 10.3. The molecule has 16 rings (SSSR count). The molecule has 11 aliphatic carbocycles. The van der Waals surface area contributed by atoms with Crippen LogP contribution in [0.5, 0.6) is 34.5 Å². The number of hydrogen-bond donors (Lipinski definition) is 5. The maximum Gasteiger partial charge on any atom is 0.316 e. The van der Waals surface area contributed by atoms with E-state index >= 15 is 0 Å². The molecule has 0 spiro atoms. The van der Waals surface area contributed by atoms with Gasteiger partial charge in [0.25, 0.3) is 0 Å². The van der Waals surface area contributed by atoms with Gasteiger partial charge in [-0.3, -0.25) is 28.8 Å². The Bertz CT molecular complexity index is 4170. The third-order valence-electron chi connectivity index (χ3n) is 35.8. The molecular formula is C126H202O17. The highest BCUT2D eigenvalue weighted by atomic mass is 16.6. The SMILES string of the molecule is CCC(C)(C)C(=O)OC1(C)C2CC3CC(C2)CC1C3.CCC(C)(C)C(=O)OC1(CC)C2CC3CC(C2)CC1C3.CCC(C)(C)C(=O)Oc1ccc(O)cc1.CCC(C)c1ccc(O)cc1.CCC(C)c1ccc(O)cc1.CCC(C)c1ccc(O)cc1.CCC(C)c1ccc(O)cc1.CCC1(OC(=O)C(C)(C)CC)CCCC1.CCC1(OC(=O)C(C)(C)CC)CCCC1.CCC1(OC(=O)C(C)(C)CC)CCCC1. The van der Waals surface area contributed by atoms with Gasteiger partial charge in [-0.25, -0.2) is 0 Å². The van der Waals surface area contributed by atoms with Gasteiger partial charge >= 0.3 is 35.8 Å². The van der Waals surface area contributed by atoms with Crippen molar-refractivity contribution in [3.63, 3.8) is 0 Å². The number of esters is 6. The smallest absolute Gasteiger partial charge is 0.316 e. The van der Waals surface area contributed by atoms with Crippen LogP contribution in [-0.4, -0.2) is 89.4 Å². The second-order valence-corrected chi connectivity index (χ2v) is 48.2. The minimum atomic E-state index is -0.474. The van der Waals surface area contributed by atoms with Crippen molar-refractivity contribution >= 4 is 35.8 Å². The van der Waals surface area contributed by atoms with Crippen LogP contribution >= 0.6 is 0 Å². The molecule has 0 amide bonds. The third kappa shape index (κ3) is 36.7. The summed E-state index contributed by atoms with van der Waals surface area (Å²) in [5.41, 5.74) is 2.35. The highest BCUT2D eigenvalue weighted by Gasteiger charge is 2.60. The number of rotatable bonds is 30. The van der Waals surface area contributed by atoms with E-state index in [-0.39, 0.29) is 96.6 Å². The summed E-state index contributed by atoms with van der Waals surface area (Å²) >= 11 is 0. The molecule has 0 aliphatic heterocycles. The number of carbonyl (C=O) groups is 6. The summed E-state index contributed by atoms with van der Waals surface area (Å²) in [4.78, 5) is 72.7. The summed E-state index contributed by atoms with van der Waals surface area (Å²) in [6, 6.07) is 35.8. The zero-order chi connectivity index (χ0) is 108. The Morgan fingerprint density at radius 2 is 0.469 bits per heavy atom. The molecule has 0 radical (unpaired) electrons. The number of carbonyl (C=O) groups excluding carboxylic acids is 6. The van der Waals surface area contributed by atoms with E-state index in [9.17, 15) is 28.8 Å². The number of phenols is 5. The Hall–Kier alpha value is -8.08. The van der Waals surface area contributed by atoms with Crippen molar-refractivity contribution in [3.05, 3.63) is 144 Å². The molecule has 11 aliphatic rings. The van der Waals surface area contributed by atoms with E-state index in [0.717, 1.165) is 152 Å². The molecule has 0 heterocycles. The van der Waals surface area contributed by atoms with Gasteiger partial charge in [0.1, 0.15) is 62.5 Å². The van der Waals surface area contributed by atoms with E-state index in [1.165, 1.54) is 137 Å². The zero-order valence-corrected chi connectivity index (χ0v) is 95.6. The normalized spacial score (nSPS) is 23.4. The molecule has 0 aromatic heterocycles. The summed E-state index contributed by atoms with van der Waals surface area (Å²) < 4.78 is 34.9. The first-order chi connectivity index (χ1) is 67.0. The average Bonchev–Trinajstić information content (AvgIpc) is 1.55. The fourth-order valence-corrected chi connectivity index (χ4v) is 21.2. The number of benzene rings is 5. The van der Waals surface area contributed by atoms with E-state index < -0.39 is 5.41 Å². The fourth-order valence-electron chi connectivity index (χ4n) is 21.2. The van der Waals surface area contributed by atoms with Gasteiger partial charge in [0.15, 0.2) is 0 Å². The highest BCUT2D eigenvalue weighted by Crippen LogP contribution is 2.62. The lowest BCUT2D eigenvalue weighted by molar-refractivity contribution is -0.218. The number of phenolic OH excluding ortho intramolecular Hbond substituents is 5. The van der Waals surface area contributed by atoms with Crippen molar-refractivity contribution in [2.24, 2.45) is 79.8 Å². The standard InChI is InChI=1S/C18H30O2.C17H28O2.3C13H24O2.C12H16O3.4C10H14O/c1-5-17(3,4)16(19)20-18(6-2)14-8-12-7-13(10-14)11-15(18)9-12;1-5-16(2,3)15(18)19-17(4)13-7-11-6-12(9-13)10-14(17)8-11;3*1-5-12(3,4)11(14)15-13(6-2)9-7-8-10-13;1-4-12(2,3)11(14)15-10-7-5-9(13)6-8-10;4*1-3-8(2)9-4-6-10(11)7-5-9/h12-15H,5-11H2,1-4H3;11-14H,5-10H2,1-4H3;3*5-10H2,1-4H3;5-8,13H,4H2,1-3H3;4*4-8,11H,3H2,1-2H3. The average molecular weight is 1990 g/mol. The second kappa shape index (κ2) is 56.9. The Labute approximate surface area is 868 Å². The molecule has 4 atom stereocenters. The molecule has 17 nitrogen and oxygen atoms in total. The van der Waals surface area contributed by atoms with Gasteiger partial charge in [-0.15, -0.1) is 0 Å². The first kappa shape index (κ1) is 125. The van der Waals surface area contributed by atoms with E-state index in [4.69, 9.17) is 54.0 Å². The maximum absolute atomic E-state index is 12.6. The molecule has 11 fully saturated rings. The minimum absolute atomic E-state index is 0.0185. The van der Waals surface area contributed by atoms with E-state index in [0.29, 0.717) is 76.1 Å². The Balaban J connectivity index is 0.000000282. The molecule has 11 saturated carbocycles. The number of hydrogen-bond acceptors (Lipinski definition) is 17. The van der Waals surface area contributed by atoms with Crippen molar-refractivity contribution in [1.82, 2.24) is 0 Å². The van der Waals surface area contributed by atoms with Crippen LogP contribution in [0.25, 0.3) is 0 Å². The molecule has 5 N–H and O–H groups in total. The van der Waals surface area contributed by atoms with Crippen LogP contribution in [0.4, 0.5) is 0 Å². The van der Waals surface area contributed by atoms with Crippen LogP contribution in [-0.2, 0) is 52.5 Å². The van der Waals surface area contributed by atoms with Crippen LogP contribution in [0.1, 0.15) is 492 Å². The van der Waals surface area contributed by atoms with Crippen LogP contribution in [0, 0.1) is 79.8 Å². The Kier molecular flexibility index (Phi) is 49.9. The van der Waals surface area contributed by atoms with Crippen molar-refractivity contribution in [2.75, 3.05) is 0 Å². The maximum atomic E-state index is 12.6. The first-order valence-corrected chi connectivity index (χ1v) is 56.4. The minimum Gasteiger partial charge on any atom is -0.508 e. The van der Waals surface area contributed by atoms with Crippen LogP contribution in [0.2, 0.25) is 0 Å². The summed E-state index contributed by atoms with van der Waals surface area (Å²) in [7, 11) is 0. The Morgan fingerprint density at radius 1 is 0.273 bits per heavy atom. The molecule has 8 bridgehead atoms. The summed E-state index contributed by atoms with van der Waals surface area (Å²) in [6.45, 7) is 64.0. The van der Waals surface area contributed by atoms with Crippen LogP contribution < -0.4 is 4.74 Å². The summed E-state index contributed by atoms with van der Waals surface area (Å²) in [6.07, 6.45) is 40.2. The molecule has 5 aromatic carbocycles. The van der Waals surface area contributed by atoms with E-state index in [2.05, 4.69) is 104 Å². The van der Waals surface area contributed by atoms with Crippen molar-refractivity contribution < 1.29 is 82.7 Å². The lowest BCUT2D eigenvalue weighted by atomic mass is 9.49. The highest BCUT2D eigenvalue weighted by molar-refractivity contribution is 5.79. The predicted molar refractivity (Wildman–Crippen MR) is 586 cm³/mol. The molecule has 5 aromatic rings. The van der Waals surface area contributed by atoms with Crippen molar-refractivity contribution in [1.29, 1.82) is 0 Å². The quantitative estimate of drug-likeness (QED) is 0.0163. The topological polar surface area (TPSA) is 259 Å². The molecule has 17 heteroatoms. The van der Waals surface area contributed by atoms with Gasteiger partial charge < -0.3 is 54.0 Å². The third-order valence-corrected chi connectivity index (χ3v) is 35.8. The summed E-state index contributed by atoms with van der Waals surface area (Å²) in [5, 5.41) is 45.1. The van der Waals surface area contributed by atoms with E-state index in [1.807, 2.05) is 159 Å². The largest absolute Gasteiger partial charge is 0.508 e.